The van der Waals surface area contributed by atoms with E-state index in [4.69, 9.17) is 5.11 Å². The maximum Gasteiger partial charge on any atom is 0.317 e. The number of thiophene rings is 1. The first-order chi connectivity index (χ1) is 12.6. The third-order valence-electron chi connectivity index (χ3n) is 3.98. The molecule has 0 saturated carbocycles. The first kappa shape index (κ1) is 20.6. The lowest BCUT2D eigenvalue weighted by Crippen LogP contribution is -2.51. The molecule has 27 heavy (non-hydrogen) atoms. The molecule has 0 spiro atoms. The number of ketones is 1. The monoisotopic (exact) mass is 390 g/mol. The SMILES string of the molecule is CCc1cc(C(=O)c2ccc(O)cc2)c(NC(=O)C(C)(C)NCC(=O)O)s1. The van der Waals surface area contributed by atoms with Gasteiger partial charge < -0.3 is 15.5 Å². The average Bonchev–Trinajstić information content (AvgIpc) is 3.03. The Morgan fingerprint density at radius 3 is 2.33 bits per heavy atom. The fraction of sp³-hybridized carbons (Fsp3) is 0.316. The van der Waals surface area contributed by atoms with Gasteiger partial charge in [-0.1, -0.05) is 6.92 Å². The number of phenols is 1. The van der Waals surface area contributed by atoms with Crippen LogP contribution in [0.25, 0.3) is 0 Å². The van der Waals surface area contributed by atoms with Gasteiger partial charge in [0, 0.05) is 10.4 Å². The van der Waals surface area contributed by atoms with Crippen LogP contribution in [0.1, 0.15) is 41.6 Å². The van der Waals surface area contributed by atoms with Gasteiger partial charge in [-0.2, -0.15) is 0 Å². The lowest BCUT2D eigenvalue weighted by atomic mass is 10.0. The van der Waals surface area contributed by atoms with E-state index >= 15 is 0 Å². The van der Waals surface area contributed by atoms with Crippen molar-refractivity contribution in [1.82, 2.24) is 5.32 Å². The van der Waals surface area contributed by atoms with Crippen LogP contribution in [-0.4, -0.2) is 40.0 Å². The summed E-state index contributed by atoms with van der Waals surface area (Å²) < 4.78 is 0. The fourth-order valence-electron chi connectivity index (χ4n) is 2.28. The highest BCUT2D eigenvalue weighted by Crippen LogP contribution is 2.31. The second-order valence-corrected chi connectivity index (χ2v) is 7.65. The van der Waals surface area contributed by atoms with Gasteiger partial charge in [-0.25, -0.2) is 0 Å². The molecular formula is C19H22N2O5S. The van der Waals surface area contributed by atoms with Crippen molar-refractivity contribution in [2.24, 2.45) is 0 Å². The van der Waals surface area contributed by atoms with Crippen LogP contribution in [-0.2, 0) is 16.0 Å². The molecular weight excluding hydrogens is 368 g/mol. The average molecular weight is 390 g/mol. The quantitative estimate of drug-likeness (QED) is 0.515. The number of nitrogens with one attached hydrogen (secondary N) is 2. The number of aliphatic carboxylic acids is 1. The molecule has 0 aliphatic carbocycles. The molecule has 1 aromatic heterocycles. The van der Waals surface area contributed by atoms with E-state index in [0.29, 0.717) is 22.5 Å². The summed E-state index contributed by atoms with van der Waals surface area (Å²) in [4.78, 5) is 37.1. The molecule has 0 bridgehead atoms. The summed E-state index contributed by atoms with van der Waals surface area (Å²) in [6.07, 6.45) is 0.705. The number of carboxylic acid groups (broad SMARTS) is 1. The number of benzene rings is 1. The van der Waals surface area contributed by atoms with Gasteiger partial charge in [0.1, 0.15) is 10.8 Å². The summed E-state index contributed by atoms with van der Waals surface area (Å²) in [6.45, 7) is 4.73. The number of carbonyl (C=O) groups excluding carboxylic acids is 2. The molecule has 2 rings (SSSR count). The standard InChI is InChI=1S/C19H22N2O5S/c1-4-13-9-14(16(25)11-5-7-12(22)8-6-11)17(27-13)21-18(26)19(2,3)20-10-15(23)24/h5-9,20,22H,4,10H2,1-3H3,(H,21,26)(H,23,24). The van der Waals surface area contributed by atoms with Crippen molar-refractivity contribution in [1.29, 1.82) is 0 Å². The van der Waals surface area contributed by atoms with Gasteiger partial charge in [0.15, 0.2) is 5.78 Å². The van der Waals surface area contributed by atoms with Crippen molar-refractivity contribution in [2.45, 2.75) is 32.7 Å². The Kier molecular flexibility index (Phi) is 6.35. The van der Waals surface area contributed by atoms with Crippen molar-refractivity contribution < 1.29 is 24.6 Å². The van der Waals surface area contributed by atoms with Gasteiger partial charge >= 0.3 is 5.97 Å². The smallest absolute Gasteiger partial charge is 0.317 e. The van der Waals surface area contributed by atoms with Crippen LogP contribution in [0.5, 0.6) is 5.75 Å². The maximum atomic E-state index is 12.8. The van der Waals surface area contributed by atoms with E-state index in [2.05, 4.69) is 10.6 Å². The molecule has 0 atom stereocenters. The van der Waals surface area contributed by atoms with E-state index in [1.807, 2.05) is 6.92 Å². The van der Waals surface area contributed by atoms with Gasteiger partial charge in [-0.15, -0.1) is 11.3 Å². The Morgan fingerprint density at radius 1 is 1.15 bits per heavy atom. The van der Waals surface area contributed by atoms with E-state index in [1.165, 1.54) is 35.6 Å². The number of aryl methyl sites for hydroxylation is 1. The lowest BCUT2D eigenvalue weighted by molar-refractivity contribution is -0.136. The molecule has 0 saturated heterocycles. The molecule has 0 radical (unpaired) electrons. The summed E-state index contributed by atoms with van der Waals surface area (Å²) in [7, 11) is 0. The third-order valence-corrected chi connectivity index (χ3v) is 5.18. The minimum atomic E-state index is -1.13. The fourth-order valence-corrected chi connectivity index (χ4v) is 3.27. The summed E-state index contributed by atoms with van der Waals surface area (Å²) in [5, 5.41) is 24.0. The lowest BCUT2D eigenvalue weighted by Gasteiger charge is -2.24. The number of phenolic OH excluding ortho intramolecular Hbond substituents is 1. The Labute approximate surface area is 161 Å². The number of hydrogen-bond acceptors (Lipinski definition) is 6. The largest absolute Gasteiger partial charge is 0.508 e. The van der Waals surface area contributed by atoms with Gasteiger partial charge in [0.25, 0.3) is 0 Å². The van der Waals surface area contributed by atoms with E-state index in [0.717, 1.165) is 4.88 Å². The number of aromatic hydroxyl groups is 1. The van der Waals surface area contributed by atoms with Gasteiger partial charge in [-0.05, 0) is 50.6 Å². The van der Waals surface area contributed by atoms with E-state index in [9.17, 15) is 19.5 Å². The van der Waals surface area contributed by atoms with Crippen LogP contribution in [0.2, 0.25) is 0 Å². The zero-order chi connectivity index (χ0) is 20.2. The summed E-state index contributed by atoms with van der Waals surface area (Å²) >= 11 is 1.31. The molecule has 7 nitrogen and oxygen atoms in total. The van der Waals surface area contributed by atoms with Gasteiger partial charge in [-0.3, -0.25) is 19.7 Å². The normalized spacial score (nSPS) is 11.2. The molecule has 8 heteroatoms. The highest BCUT2D eigenvalue weighted by molar-refractivity contribution is 7.16. The molecule has 0 aliphatic rings. The van der Waals surface area contributed by atoms with Crippen molar-refractivity contribution in [2.75, 3.05) is 11.9 Å². The van der Waals surface area contributed by atoms with Crippen molar-refractivity contribution in [3.05, 3.63) is 46.3 Å². The van der Waals surface area contributed by atoms with Crippen molar-refractivity contribution in [3.8, 4) is 5.75 Å². The minimum absolute atomic E-state index is 0.0610. The van der Waals surface area contributed by atoms with Crippen molar-refractivity contribution >= 4 is 34.0 Å². The molecule has 144 valence electrons. The van der Waals surface area contributed by atoms with E-state index < -0.39 is 17.4 Å². The summed E-state index contributed by atoms with van der Waals surface area (Å²) in [5.41, 5.74) is -0.370. The van der Waals surface area contributed by atoms with Crippen LogP contribution < -0.4 is 10.6 Å². The zero-order valence-corrected chi connectivity index (χ0v) is 16.1. The minimum Gasteiger partial charge on any atom is -0.508 e. The molecule has 2 aromatic rings. The van der Waals surface area contributed by atoms with Crippen LogP contribution in [0.3, 0.4) is 0 Å². The summed E-state index contributed by atoms with van der Waals surface area (Å²) in [5.74, 6) is -1.71. The van der Waals surface area contributed by atoms with Crippen LogP contribution >= 0.6 is 11.3 Å². The van der Waals surface area contributed by atoms with E-state index in [-0.39, 0.29) is 18.1 Å². The molecule has 1 heterocycles. The second-order valence-electron chi connectivity index (χ2n) is 6.51. The predicted molar refractivity (Wildman–Crippen MR) is 104 cm³/mol. The molecule has 0 aliphatic heterocycles. The van der Waals surface area contributed by atoms with E-state index in [1.54, 1.807) is 19.9 Å². The van der Waals surface area contributed by atoms with Crippen LogP contribution in [0, 0.1) is 0 Å². The molecule has 1 amide bonds. The number of hydrogen-bond donors (Lipinski definition) is 4. The Bertz CT molecular complexity index is 855. The van der Waals surface area contributed by atoms with Crippen LogP contribution in [0.15, 0.2) is 30.3 Å². The molecule has 0 unspecified atom stereocenters. The first-order valence-electron chi connectivity index (χ1n) is 8.38. The Morgan fingerprint density at radius 2 is 1.78 bits per heavy atom. The maximum absolute atomic E-state index is 12.8. The predicted octanol–water partition coefficient (Wildman–Crippen LogP) is 2.64. The van der Waals surface area contributed by atoms with Crippen molar-refractivity contribution in [3.63, 3.8) is 0 Å². The number of carbonyl (C=O) groups is 3. The number of rotatable bonds is 8. The zero-order valence-electron chi connectivity index (χ0n) is 15.3. The highest BCUT2D eigenvalue weighted by atomic mass is 32.1. The molecule has 4 N–H and O–H groups in total. The molecule has 1 aromatic carbocycles. The van der Waals surface area contributed by atoms with Crippen LogP contribution in [0.4, 0.5) is 5.00 Å². The first-order valence-corrected chi connectivity index (χ1v) is 9.20. The number of amides is 1. The van der Waals surface area contributed by atoms with Gasteiger partial charge in [0.05, 0.1) is 17.6 Å². The second kappa shape index (κ2) is 8.32. The highest BCUT2D eigenvalue weighted by Gasteiger charge is 2.29. The summed E-state index contributed by atoms with van der Waals surface area (Å²) in [6, 6.07) is 7.64. The topological polar surface area (TPSA) is 116 Å². The Hall–Kier alpha value is -2.71. The Balaban J connectivity index is 2.28. The molecule has 0 fully saturated rings. The number of carboxylic acids is 1. The number of anilines is 1. The van der Waals surface area contributed by atoms with Gasteiger partial charge in [0.2, 0.25) is 5.91 Å². The third kappa shape index (κ3) is 5.15.